The Morgan fingerprint density at radius 2 is 1.86 bits per heavy atom. The number of halogens is 3. The highest BCUT2D eigenvalue weighted by Gasteiger charge is 2.22. The van der Waals surface area contributed by atoms with Gasteiger partial charge in [-0.1, -0.05) is 12.1 Å². The zero-order valence-corrected chi connectivity index (χ0v) is 23.3. The number of rotatable bonds is 9. The molecule has 1 aliphatic rings. The molecule has 0 spiro atoms. The molecule has 5 aromatic rings. The van der Waals surface area contributed by atoms with Gasteiger partial charge >= 0.3 is 5.97 Å². The molecule has 1 saturated heterocycles. The number of aromatic carboxylic acids is 1. The summed E-state index contributed by atoms with van der Waals surface area (Å²) in [6, 6.07) is 17.2. The van der Waals surface area contributed by atoms with Gasteiger partial charge < -0.3 is 19.1 Å². The molecule has 0 unspecified atom stereocenters. The number of benzene rings is 3. The van der Waals surface area contributed by atoms with E-state index in [0.717, 1.165) is 31.0 Å². The van der Waals surface area contributed by atoms with E-state index in [-0.39, 0.29) is 58.5 Å². The van der Waals surface area contributed by atoms with Gasteiger partial charge in [-0.05, 0) is 66.9 Å². The van der Waals surface area contributed by atoms with Gasteiger partial charge in [-0.3, -0.25) is 0 Å². The SMILES string of the molecule is N#Cc1ccc(COc2cccc(-c3cc(F)c(Cc4nc5ccc(C(=O)O)cc5n4C[C@@H]4CCCO4)cc3F)n2)c(F)c1. The Balaban J connectivity index is 1.26. The Kier molecular flexibility index (Phi) is 8.00. The van der Waals surface area contributed by atoms with Gasteiger partial charge in [0.25, 0.3) is 0 Å². The zero-order chi connectivity index (χ0) is 30.8. The highest BCUT2D eigenvalue weighted by Crippen LogP contribution is 2.29. The predicted octanol–water partition coefficient (Wildman–Crippen LogP) is 6.43. The molecule has 3 aromatic carbocycles. The number of carboxylic acids is 1. The van der Waals surface area contributed by atoms with Crippen LogP contribution in [0.1, 0.15) is 45.7 Å². The van der Waals surface area contributed by atoms with Gasteiger partial charge in [-0.2, -0.15) is 5.26 Å². The summed E-state index contributed by atoms with van der Waals surface area (Å²) >= 11 is 0. The molecule has 2 aromatic heterocycles. The molecule has 1 aliphatic heterocycles. The van der Waals surface area contributed by atoms with Crippen LogP contribution < -0.4 is 4.74 Å². The minimum absolute atomic E-state index is 0.0421. The second-order valence-corrected chi connectivity index (χ2v) is 10.5. The van der Waals surface area contributed by atoms with Crippen molar-refractivity contribution in [2.24, 2.45) is 0 Å². The van der Waals surface area contributed by atoms with Gasteiger partial charge in [0.15, 0.2) is 0 Å². The van der Waals surface area contributed by atoms with Crippen molar-refractivity contribution in [3.05, 3.63) is 112 Å². The molecule has 1 atom stereocenters. The summed E-state index contributed by atoms with van der Waals surface area (Å²) in [5.41, 5.74) is 1.72. The van der Waals surface area contributed by atoms with Gasteiger partial charge in [0.2, 0.25) is 5.88 Å². The van der Waals surface area contributed by atoms with Crippen molar-refractivity contribution in [3.8, 4) is 23.2 Å². The van der Waals surface area contributed by atoms with Crippen molar-refractivity contribution in [2.75, 3.05) is 6.61 Å². The molecule has 1 fully saturated rings. The second kappa shape index (κ2) is 12.2. The second-order valence-electron chi connectivity index (χ2n) is 10.5. The smallest absolute Gasteiger partial charge is 0.335 e. The van der Waals surface area contributed by atoms with Crippen LogP contribution in [-0.4, -0.2) is 38.3 Å². The summed E-state index contributed by atoms with van der Waals surface area (Å²) < 4.78 is 58.4. The molecule has 6 rings (SSSR count). The van der Waals surface area contributed by atoms with Crippen LogP contribution in [0.2, 0.25) is 0 Å². The van der Waals surface area contributed by atoms with Gasteiger partial charge in [-0.25, -0.2) is 27.9 Å². The van der Waals surface area contributed by atoms with E-state index in [2.05, 4.69) is 9.97 Å². The largest absolute Gasteiger partial charge is 0.478 e. The summed E-state index contributed by atoms with van der Waals surface area (Å²) in [5, 5.41) is 18.4. The predicted molar refractivity (Wildman–Crippen MR) is 154 cm³/mol. The number of nitriles is 1. The van der Waals surface area contributed by atoms with Crippen LogP contribution in [0.15, 0.2) is 66.7 Å². The Bertz CT molecular complexity index is 1930. The molecular formula is C33H25F3N4O4. The van der Waals surface area contributed by atoms with Crippen molar-refractivity contribution < 1.29 is 32.5 Å². The number of carbonyl (C=O) groups is 1. The van der Waals surface area contributed by atoms with Gasteiger partial charge in [0.1, 0.15) is 29.9 Å². The summed E-state index contributed by atoms with van der Waals surface area (Å²) in [5.74, 6) is -2.52. The van der Waals surface area contributed by atoms with E-state index in [1.165, 1.54) is 36.4 Å². The maximum Gasteiger partial charge on any atom is 0.335 e. The minimum Gasteiger partial charge on any atom is -0.478 e. The molecule has 0 radical (unpaired) electrons. The number of carboxylic acid groups (broad SMARTS) is 1. The van der Waals surface area contributed by atoms with Crippen LogP contribution in [0.25, 0.3) is 22.3 Å². The number of pyridine rings is 1. The molecule has 44 heavy (non-hydrogen) atoms. The van der Waals surface area contributed by atoms with Crippen LogP contribution >= 0.6 is 0 Å². The van der Waals surface area contributed by atoms with Crippen LogP contribution in [0, 0.1) is 28.8 Å². The number of imidazole rings is 1. The topological polar surface area (TPSA) is 110 Å². The number of fused-ring (bicyclic) bond motifs is 1. The van der Waals surface area contributed by atoms with E-state index in [1.807, 2.05) is 10.6 Å². The zero-order valence-electron chi connectivity index (χ0n) is 23.3. The number of ether oxygens (including phenoxy) is 2. The van der Waals surface area contributed by atoms with Crippen LogP contribution in [0.4, 0.5) is 13.2 Å². The lowest BCUT2D eigenvalue weighted by Crippen LogP contribution is -2.17. The molecule has 222 valence electrons. The number of nitrogens with zero attached hydrogens (tertiary/aromatic N) is 4. The normalized spacial score (nSPS) is 14.5. The summed E-state index contributed by atoms with van der Waals surface area (Å²) in [6.07, 6.45) is 1.59. The van der Waals surface area contributed by atoms with Crippen molar-refractivity contribution in [1.29, 1.82) is 5.26 Å². The van der Waals surface area contributed by atoms with Gasteiger partial charge in [0, 0.05) is 30.2 Å². The van der Waals surface area contributed by atoms with E-state index in [4.69, 9.17) is 14.7 Å². The first-order valence-electron chi connectivity index (χ1n) is 13.9. The Morgan fingerprint density at radius 3 is 2.61 bits per heavy atom. The van der Waals surface area contributed by atoms with Crippen LogP contribution in [-0.2, 0) is 24.3 Å². The van der Waals surface area contributed by atoms with E-state index in [9.17, 15) is 14.3 Å². The fourth-order valence-corrected chi connectivity index (χ4v) is 5.26. The van der Waals surface area contributed by atoms with Crippen molar-refractivity contribution >= 4 is 17.0 Å². The Labute approximate surface area is 249 Å². The number of hydrogen-bond acceptors (Lipinski definition) is 6. The van der Waals surface area contributed by atoms with E-state index < -0.39 is 23.4 Å². The molecule has 0 aliphatic carbocycles. The molecule has 1 N–H and O–H groups in total. The standard InChI is InChI=1S/C33H25F3N4O4/c34-25-11-19(16-37)6-7-21(25)18-44-32-5-1-4-28(39-32)24-15-26(35)22(12-27(24)36)14-31-38-29-9-8-20(33(41)42)13-30(29)40(31)17-23-3-2-10-43-23/h1,4-9,11-13,15,23H,2-3,10,14,17-18H2,(H,41,42)/t23-/m0/s1. The van der Waals surface area contributed by atoms with Gasteiger partial charge in [-0.15, -0.1) is 0 Å². The fourth-order valence-electron chi connectivity index (χ4n) is 5.26. The highest BCUT2D eigenvalue weighted by molar-refractivity contribution is 5.92. The quantitative estimate of drug-likeness (QED) is 0.208. The van der Waals surface area contributed by atoms with E-state index in [0.29, 0.717) is 30.0 Å². The molecule has 3 heterocycles. The summed E-state index contributed by atoms with van der Waals surface area (Å²) in [6.45, 7) is 0.853. The monoisotopic (exact) mass is 598 g/mol. The third-order valence-electron chi connectivity index (χ3n) is 7.53. The number of hydrogen-bond donors (Lipinski definition) is 1. The molecular weight excluding hydrogens is 573 g/mol. The maximum absolute atomic E-state index is 15.5. The average molecular weight is 599 g/mol. The first-order chi connectivity index (χ1) is 21.3. The maximum atomic E-state index is 15.5. The van der Waals surface area contributed by atoms with Gasteiger partial charge in [0.05, 0.1) is 46.6 Å². The molecule has 11 heteroatoms. The highest BCUT2D eigenvalue weighted by atomic mass is 19.1. The first-order valence-corrected chi connectivity index (χ1v) is 13.9. The summed E-state index contributed by atoms with van der Waals surface area (Å²) in [7, 11) is 0. The molecule has 0 saturated carbocycles. The third-order valence-corrected chi connectivity index (χ3v) is 7.53. The minimum atomic E-state index is -1.08. The Morgan fingerprint density at radius 1 is 1.02 bits per heavy atom. The lowest BCUT2D eigenvalue weighted by Gasteiger charge is -2.15. The van der Waals surface area contributed by atoms with E-state index >= 15 is 8.78 Å². The average Bonchev–Trinajstić information content (AvgIpc) is 3.66. The fraction of sp³-hybridized carbons (Fsp3) is 0.212. The lowest BCUT2D eigenvalue weighted by atomic mass is 10.0. The Hall–Kier alpha value is -5.21. The molecule has 0 bridgehead atoms. The van der Waals surface area contributed by atoms with Crippen molar-refractivity contribution in [1.82, 2.24) is 14.5 Å². The first kappa shape index (κ1) is 28.9. The van der Waals surface area contributed by atoms with Crippen LogP contribution in [0.5, 0.6) is 5.88 Å². The number of aromatic nitrogens is 3. The van der Waals surface area contributed by atoms with Crippen LogP contribution in [0.3, 0.4) is 0 Å². The van der Waals surface area contributed by atoms with Crippen molar-refractivity contribution in [3.63, 3.8) is 0 Å². The summed E-state index contributed by atoms with van der Waals surface area (Å²) in [4.78, 5) is 20.5. The molecule has 8 nitrogen and oxygen atoms in total. The lowest BCUT2D eigenvalue weighted by molar-refractivity contribution is 0.0697. The van der Waals surface area contributed by atoms with E-state index in [1.54, 1.807) is 12.1 Å². The molecule has 0 amide bonds. The van der Waals surface area contributed by atoms with Crippen molar-refractivity contribution in [2.45, 2.75) is 38.5 Å². The third kappa shape index (κ3) is 5.98.